The molecule has 2 aromatic rings. The van der Waals surface area contributed by atoms with E-state index < -0.39 is 0 Å². The fourth-order valence-electron chi connectivity index (χ4n) is 1.90. The lowest BCUT2D eigenvalue weighted by molar-refractivity contribution is 0.429. The third-order valence-corrected chi connectivity index (χ3v) is 3.77. The third kappa shape index (κ3) is 3.58. The van der Waals surface area contributed by atoms with E-state index in [4.69, 9.17) is 4.42 Å². The van der Waals surface area contributed by atoms with E-state index in [-0.39, 0.29) is 11.9 Å². The highest BCUT2D eigenvalue weighted by molar-refractivity contribution is 7.99. The van der Waals surface area contributed by atoms with Crippen molar-refractivity contribution in [3.05, 3.63) is 35.5 Å². The van der Waals surface area contributed by atoms with Crippen molar-refractivity contribution in [2.45, 2.75) is 43.4 Å². The molecule has 4 nitrogen and oxygen atoms in total. The smallest absolute Gasteiger partial charge is 0.281 e. The topological polar surface area (TPSA) is 51.0 Å². The largest absolute Gasteiger partial charge is 0.416 e. The molecule has 1 aromatic heterocycles. The minimum atomic E-state index is -0.220. The summed E-state index contributed by atoms with van der Waals surface area (Å²) in [6.45, 7) is 6.61. The summed E-state index contributed by atoms with van der Waals surface area (Å²) in [5.74, 6) is 0.282. The zero-order valence-electron chi connectivity index (χ0n) is 11.8. The summed E-state index contributed by atoms with van der Waals surface area (Å²) >= 11 is 1.29. The van der Waals surface area contributed by atoms with Crippen molar-refractivity contribution >= 4 is 11.8 Å². The summed E-state index contributed by atoms with van der Waals surface area (Å²) in [6, 6.07) is 4.97. The van der Waals surface area contributed by atoms with Crippen LogP contribution in [-0.4, -0.2) is 16.7 Å². The molecule has 0 amide bonds. The van der Waals surface area contributed by atoms with E-state index in [0.29, 0.717) is 16.7 Å². The van der Waals surface area contributed by atoms with Gasteiger partial charge >= 0.3 is 0 Å². The Kier molecular flexibility index (Phi) is 5.14. The first-order valence-corrected chi connectivity index (χ1v) is 7.43. The molecule has 1 atom stereocenters. The van der Waals surface area contributed by atoms with Gasteiger partial charge in [-0.2, -0.15) is 0 Å². The molecule has 0 aliphatic heterocycles. The van der Waals surface area contributed by atoms with Crippen LogP contribution in [0.2, 0.25) is 0 Å². The maximum absolute atomic E-state index is 14.1. The monoisotopic (exact) mass is 295 g/mol. The predicted octanol–water partition coefficient (Wildman–Crippen LogP) is 3.73. The lowest BCUT2D eigenvalue weighted by Crippen LogP contribution is -2.21. The van der Waals surface area contributed by atoms with E-state index in [1.54, 1.807) is 13.0 Å². The van der Waals surface area contributed by atoms with Crippen LogP contribution in [0, 0.1) is 12.7 Å². The first-order valence-electron chi connectivity index (χ1n) is 6.61. The number of hydrogen-bond acceptors (Lipinski definition) is 5. The Labute approximate surface area is 122 Å². The fourth-order valence-corrected chi connectivity index (χ4v) is 2.87. The van der Waals surface area contributed by atoms with Gasteiger partial charge in [-0.05, 0) is 43.8 Å². The van der Waals surface area contributed by atoms with Gasteiger partial charge in [0.2, 0.25) is 5.89 Å². The van der Waals surface area contributed by atoms with Gasteiger partial charge < -0.3 is 9.73 Å². The third-order valence-electron chi connectivity index (χ3n) is 2.85. The number of rotatable bonds is 6. The minimum Gasteiger partial charge on any atom is -0.416 e. The first kappa shape index (κ1) is 15.0. The van der Waals surface area contributed by atoms with E-state index in [0.717, 1.165) is 17.9 Å². The molecular formula is C14H18FN3OS. The molecule has 0 aliphatic carbocycles. The normalized spacial score (nSPS) is 12.6. The summed E-state index contributed by atoms with van der Waals surface area (Å²) in [5.41, 5.74) is 0.641. The summed E-state index contributed by atoms with van der Waals surface area (Å²) in [6.07, 6.45) is 1.00. The van der Waals surface area contributed by atoms with Gasteiger partial charge in [0.05, 0.1) is 0 Å². The minimum absolute atomic E-state index is 0.0670. The van der Waals surface area contributed by atoms with Gasteiger partial charge in [0, 0.05) is 23.4 Å². The summed E-state index contributed by atoms with van der Waals surface area (Å²) < 4.78 is 19.5. The van der Waals surface area contributed by atoms with E-state index in [2.05, 4.69) is 22.4 Å². The second kappa shape index (κ2) is 6.85. The molecule has 0 radical (unpaired) electrons. The van der Waals surface area contributed by atoms with Crippen LogP contribution in [0.3, 0.4) is 0 Å². The van der Waals surface area contributed by atoms with Crippen LogP contribution in [0.5, 0.6) is 0 Å². The Balaban J connectivity index is 2.25. The van der Waals surface area contributed by atoms with Crippen molar-refractivity contribution in [3.63, 3.8) is 0 Å². The second-order valence-electron chi connectivity index (χ2n) is 4.52. The van der Waals surface area contributed by atoms with Crippen LogP contribution < -0.4 is 5.32 Å². The van der Waals surface area contributed by atoms with Crippen molar-refractivity contribution < 1.29 is 8.81 Å². The highest BCUT2D eigenvalue weighted by atomic mass is 32.2. The van der Waals surface area contributed by atoms with Gasteiger partial charge in [0.25, 0.3) is 5.22 Å². The Morgan fingerprint density at radius 2 is 2.20 bits per heavy atom. The molecular weight excluding hydrogens is 277 g/mol. The van der Waals surface area contributed by atoms with Crippen molar-refractivity contribution in [2.24, 2.45) is 0 Å². The van der Waals surface area contributed by atoms with Crippen LogP contribution in [0.25, 0.3) is 0 Å². The van der Waals surface area contributed by atoms with Crippen LogP contribution in [-0.2, 0) is 0 Å². The van der Waals surface area contributed by atoms with E-state index in [1.165, 1.54) is 17.8 Å². The number of nitrogens with one attached hydrogen (secondary N) is 1. The standard InChI is InChI=1S/C14H18FN3OS/c1-4-8-16-9(2)13-11(15)6-5-7-12(13)20-14-18-17-10(3)19-14/h5-7,9,16H,4,8H2,1-3H3. The zero-order valence-corrected chi connectivity index (χ0v) is 12.6. The average molecular weight is 295 g/mol. The maximum atomic E-state index is 14.1. The van der Waals surface area contributed by atoms with Crippen molar-refractivity contribution in [3.8, 4) is 0 Å². The molecule has 1 aromatic carbocycles. The van der Waals surface area contributed by atoms with Crippen LogP contribution in [0.1, 0.15) is 37.8 Å². The quantitative estimate of drug-likeness (QED) is 0.880. The van der Waals surface area contributed by atoms with Gasteiger partial charge in [0.15, 0.2) is 0 Å². The van der Waals surface area contributed by atoms with Crippen molar-refractivity contribution in [1.82, 2.24) is 15.5 Å². The lowest BCUT2D eigenvalue weighted by Gasteiger charge is -2.17. The van der Waals surface area contributed by atoms with E-state index >= 15 is 0 Å². The Hall–Kier alpha value is -1.40. The molecule has 0 saturated carbocycles. The maximum Gasteiger partial charge on any atom is 0.281 e. The summed E-state index contributed by atoms with van der Waals surface area (Å²) in [5, 5.41) is 11.4. The number of aromatic nitrogens is 2. The molecule has 2 rings (SSSR count). The Morgan fingerprint density at radius 1 is 1.40 bits per heavy atom. The summed E-state index contributed by atoms with van der Waals surface area (Å²) in [7, 11) is 0. The van der Waals surface area contributed by atoms with Crippen molar-refractivity contribution in [1.29, 1.82) is 0 Å². The van der Waals surface area contributed by atoms with Crippen LogP contribution in [0.15, 0.2) is 32.7 Å². The Morgan fingerprint density at radius 3 is 2.85 bits per heavy atom. The highest BCUT2D eigenvalue weighted by Crippen LogP contribution is 2.34. The summed E-state index contributed by atoms with van der Waals surface area (Å²) in [4.78, 5) is 0.796. The number of benzene rings is 1. The molecule has 1 unspecified atom stereocenters. The molecule has 0 aliphatic rings. The average Bonchev–Trinajstić information content (AvgIpc) is 2.81. The number of aryl methyl sites for hydroxylation is 1. The molecule has 0 spiro atoms. The molecule has 0 bridgehead atoms. The number of hydrogen-bond donors (Lipinski definition) is 1. The number of nitrogens with zero attached hydrogens (tertiary/aromatic N) is 2. The lowest BCUT2D eigenvalue weighted by atomic mass is 10.1. The van der Waals surface area contributed by atoms with Crippen molar-refractivity contribution in [2.75, 3.05) is 6.54 Å². The Bertz CT molecular complexity index is 573. The molecule has 1 N–H and O–H groups in total. The highest BCUT2D eigenvalue weighted by Gasteiger charge is 2.17. The molecule has 0 fully saturated rings. The molecule has 20 heavy (non-hydrogen) atoms. The fraction of sp³-hybridized carbons (Fsp3) is 0.429. The zero-order chi connectivity index (χ0) is 14.5. The van der Waals surface area contributed by atoms with Gasteiger partial charge in [0.1, 0.15) is 5.82 Å². The molecule has 108 valence electrons. The molecule has 1 heterocycles. The van der Waals surface area contributed by atoms with Crippen LogP contribution >= 0.6 is 11.8 Å². The second-order valence-corrected chi connectivity index (χ2v) is 5.51. The van der Waals surface area contributed by atoms with Crippen LogP contribution in [0.4, 0.5) is 4.39 Å². The van der Waals surface area contributed by atoms with E-state index in [1.807, 2.05) is 13.0 Å². The number of halogens is 1. The van der Waals surface area contributed by atoms with Gasteiger partial charge in [-0.25, -0.2) is 4.39 Å². The van der Waals surface area contributed by atoms with Gasteiger partial charge in [-0.3, -0.25) is 0 Å². The predicted molar refractivity (Wildman–Crippen MR) is 76.3 cm³/mol. The first-order chi connectivity index (χ1) is 9.61. The molecule has 0 saturated heterocycles. The van der Waals surface area contributed by atoms with Gasteiger partial charge in [-0.1, -0.05) is 13.0 Å². The van der Waals surface area contributed by atoms with E-state index in [9.17, 15) is 4.39 Å². The molecule has 6 heteroatoms. The van der Waals surface area contributed by atoms with Gasteiger partial charge in [-0.15, -0.1) is 10.2 Å². The SMILES string of the molecule is CCCNC(C)c1c(F)cccc1Sc1nnc(C)o1.